The van der Waals surface area contributed by atoms with Crippen molar-refractivity contribution < 1.29 is 14.7 Å². The van der Waals surface area contributed by atoms with Crippen LogP contribution in [0.1, 0.15) is 46.5 Å². The molecule has 2 N–H and O–H groups in total. The number of amides is 1. The fourth-order valence-electron chi connectivity index (χ4n) is 2.96. The summed E-state index contributed by atoms with van der Waals surface area (Å²) in [6, 6.07) is 0. The van der Waals surface area contributed by atoms with Gasteiger partial charge in [-0.3, -0.25) is 9.59 Å². The topological polar surface area (TPSA) is 69.6 Å². The van der Waals surface area contributed by atoms with Crippen LogP contribution < -0.4 is 5.32 Å². The van der Waals surface area contributed by atoms with Crippen molar-refractivity contribution in [1.82, 2.24) is 10.2 Å². The van der Waals surface area contributed by atoms with Crippen LogP contribution in [0.4, 0.5) is 0 Å². The summed E-state index contributed by atoms with van der Waals surface area (Å²) in [5.74, 6) is -0.605. The van der Waals surface area contributed by atoms with Crippen molar-refractivity contribution in [1.29, 1.82) is 0 Å². The van der Waals surface area contributed by atoms with Gasteiger partial charge in [-0.2, -0.15) is 0 Å². The predicted octanol–water partition coefficient (Wildman–Crippen LogP) is 1.73. The zero-order chi connectivity index (χ0) is 15.2. The molecule has 5 heteroatoms. The third kappa shape index (κ3) is 3.95. The number of carboxylic acids is 1. The van der Waals surface area contributed by atoms with Crippen molar-refractivity contribution in [2.75, 3.05) is 26.2 Å². The predicted molar refractivity (Wildman–Crippen MR) is 78.5 cm³/mol. The monoisotopic (exact) mass is 284 g/mol. The number of aliphatic carboxylic acids is 1. The van der Waals surface area contributed by atoms with Crippen LogP contribution in [-0.4, -0.2) is 48.1 Å². The average Bonchev–Trinajstić information content (AvgIpc) is 2.44. The number of nitrogens with one attached hydrogen (secondary N) is 1. The van der Waals surface area contributed by atoms with Crippen LogP contribution in [0.3, 0.4) is 0 Å². The Morgan fingerprint density at radius 1 is 1.30 bits per heavy atom. The maximum Gasteiger partial charge on any atom is 0.309 e. The first-order valence-corrected chi connectivity index (χ1v) is 7.69. The van der Waals surface area contributed by atoms with Gasteiger partial charge < -0.3 is 15.3 Å². The zero-order valence-corrected chi connectivity index (χ0v) is 12.9. The second-order valence-electron chi connectivity index (χ2n) is 5.87. The lowest BCUT2D eigenvalue weighted by atomic mass is 9.75. The highest BCUT2D eigenvalue weighted by atomic mass is 16.4. The Morgan fingerprint density at radius 2 is 1.90 bits per heavy atom. The largest absolute Gasteiger partial charge is 0.481 e. The van der Waals surface area contributed by atoms with Gasteiger partial charge in [-0.05, 0) is 25.8 Å². The number of hydrogen-bond donors (Lipinski definition) is 2. The molecule has 0 radical (unpaired) electrons. The third-order valence-corrected chi connectivity index (χ3v) is 4.34. The van der Waals surface area contributed by atoms with Gasteiger partial charge in [0.05, 0.1) is 5.41 Å². The molecule has 1 aliphatic rings. The van der Waals surface area contributed by atoms with Gasteiger partial charge in [0.15, 0.2) is 0 Å². The number of nitrogens with zero attached hydrogens (tertiary/aromatic N) is 1. The minimum absolute atomic E-state index is 0.0431. The highest BCUT2D eigenvalue weighted by Crippen LogP contribution is 2.36. The molecule has 1 saturated heterocycles. The maximum atomic E-state index is 12.3. The lowest BCUT2D eigenvalue weighted by molar-refractivity contribution is -0.155. The molecule has 1 amide bonds. The number of hydrogen-bond acceptors (Lipinski definition) is 3. The Hall–Kier alpha value is -1.10. The van der Waals surface area contributed by atoms with E-state index in [2.05, 4.69) is 5.32 Å². The van der Waals surface area contributed by atoms with Crippen LogP contribution in [-0.2, 0) is 9.59 Å². The van der Waals surface area contributed by atoms with Crippen molar-refractivity contribution in [2.45, 2.75) is 46.5 Å². The van der Waals surface area contributed by atoms with Gasteiger partial charge in [0.1, 0.15) is 0 Å². The molecule has 1 rings (SSSR count). The molecule has 1 atom stereocenters. The molecule has 0 aromatic heterocycles. The average molecular weight is 284 g/mol. The molecule has 0 aromatic rings. The first-order chi connectivity index (χ1) is 9.46. The van der Waals surface area contributed by atoms with Crippen LogP contribution in [0, 0.1) is 11.3 Å². The lowest BCUT2D eigenvalue weighted by Gasteiger charge is -2.39. The zero-order valence-electron chi connectivity index (χ0n) is 12.9. The Bertz CT molecular complexity index is 336. The summed E-state index contributed by atoms with van der Waals surface area (Å²) in [7, 11) is 0. The van der Waals surface area contributed by atoms with Gasteiger partial charge in [0.25, 0.3) is 0 Å². The third-order valence-electron chi connectivity index (χ3n) is 4.34. The molecule has 0 spiro atoms. The first-order valence-electron chi connectivity index (χ1n) is 7.69. The lowest BCUT2D eigenvalue weighted by Crippen LogP contribution is -2.48. The number of carbonyl (C=O) groups is 2. The van der Waals surface area contributed by atoms with E-state index in [1.165, 1.54) is 0 Å². The standard InChI is InChI=1S/C15H28N2O3/c1-4-6-15(14(19)20)7-9-17(10-8-15)13(18)12(3)11-16-5-2/h12,16H,4-11H2,1-3H3,(H,19,20). The summed E-state index contributed by atoms with van der Waals surface area (Å²) in [5, 5.41) is 12.6. The van der Waals surface area contributed by atoms with Crippen LogP contribution in [0.2, 0.25) is 0 Å². The minimum atomic E-state index is -0.702. The van der Waals surface area contributed by atoms with Gasteiger partial charge in [-0.1, -0.05) is 27.2 Å². The molecule has 1 unspecified atom stereocenters. The molecular weight excluding hydrogens is 256 g/mol. The molecular formula is C15H28N2O3. The smallest absolute Gasteiger partial charge is 0.309 e. The van der Waals surface area contributed by atoms with E-state index in [0.29, 0.717) is 38.9 Å². The molecule has 5 nitrogen and oxygen atoms in total. The van der Waals surface area contributed by atoms with E-state index in [4.69, 9.17) is 0 Å². The van der Waals surface area contributed by atoms with Crippen LogP contribution >= 0.6 is 0 Å². The number of piperidine rings is 1. The van der Waals surface area contributed by atoms with Crippen molar-refractivity contribution in [3.63, 3.8) is 0 Å². The second kappa shape index (κ2) is 7.62. The van der Waals surface area contributed by atoms with E-state index in [1.54, 1.807) is 0 Å². The normalized spacial score (nSPS) is 19.6. The Morgan fingerprint density at radius 3 is 2.35 bits per heavy atom. The molecule has 0 saturated carbocycles. The SMILES string of the molecule is CCCC1(C(=O)O)CCN(C(=O)C(C)CNCC)CC1. The fraction of sp³-hybridized carbons (Fsp3) is 0.867. The number of carboxylic acid groups (broad SMARTS) is 1. The number of likely N-dealkylation sites (tertiary alicyclic amines) is 1. The van der Waals surface area contributed by atoms with E-state index < -0.39 is 11.4 Å². The van der Waals surface area contributed by atoms with Gasteiger partial charge in [0, 0.05) is 25.6 Å². The quantitative estimate of drug-likeness (QED) is 0.747. The minimum Gasteiger partial charge on any atom is -0.481 e. The number of rotatable bonds is 7. The van der Waals surface area contributed by atoms with E-state index in [0.717, 1.165) is 13.0 Å². The van der Waals surface area contributed by atoms with Crippen molar-refractivity contribution in [3.8, 4) is 0 Å². The number of carbonyl (C=O) groups excluding carboxylic acids is 1. The van der Waals surface area contributed by atoms with E-state index >= 15 is 0 Å². The van der Waals surface area contributed by atoms with Crippen LogP contribution in [0.15, 0.2) is 0 Å². The molecule has 1 fully saturated rings. The molecule has 20 heavy (non-hydrogen) atoms. The van der Waals surface area contributed by atoms with Crippen molar-refractivity contribution in [2.24, 2.45) is 11.3 Å². The maximum absolute atomic E-state index is 12.3. The van der Waals surface area contributed by atoms with Crippen molar-refractivity contribution in [3.05, 3.63) is 0 Å². The summed E-state index contributed by atoms with van der Waals surface area (Å²) >= 11 is 0. The molecule has 1 heterocycles. The van der Waals surface area contributed by atoms with Gasteiger partial charge in [0.2, 0.25) is 5.91 Å². The van der Waals surface area contributed by atoms with Crippen molar-refractivity contribution >= 4 is 11.9 Å². The van der Waals surface area contributed by atoms with Gasteiger partial charge in [-0.25, -0.2) is 0 Å². The Labute approximate surface area is 121 Å². The van der Waals surface area contributed by atoms with Crippen LogP contribution in [0.5, 0.6) is 0 Å². The van der Waals surface area contributed by atoms with Gasteiger partial charge >= 0.3 is 5.97 Å². The second-order valence-corrected chi connectivity index (χ2v) is 5.87. The van der Waals surface area contributed by atoms with E-state index in [-0.39, 0.29) is 11.8 Å². The first kappa shape index (κ1) is 17.0. The highest BCUT2D eigenvalue weighted by Gasteiger charge is 2.41. The molecule has 0 bridgehead atoms. The Balaban J connectivity index is 2.56. The summed E-state index contributed by atoms with van der Waals surface area (Å²) in [5.41, 5.74) is -0.615. The molecule has 116 valence electrons. The molecule has 1 aliphatic heterocycles. The highest BCUT2D eigenvalue weighted by molar-refractivity contribution is 5.80. The molecule has 0 aromatic carbocycles. The summed E-state index contributed by atoms with van der Waals surface area (Å²) in [4.78, 5) is 25.6. The fourth-order valence-corrected chi connectivity index (χ4v) is 2.96. The summed E-state index contributed by atoms with van der Waals surface area (Å²) in [6.07, 6.45) is 2.74. The summed E-state index contributed by atoms with van der Waals surface area (Å²) in [6.45, 7) is 8.64. The molecule has 0 aliphatic carbocycles. The van der Waals surface area contributed by atoms with Crippen LogP contribution in [0.25, 0.3) is 0 Å². The summed E-state index contributed by atoms with van der Waals surface area (Å²) < 4.78 is 0. The Kier molecular flexibility index (Phi) is 6.46. The van der Waals surface area contributed by atoms with E-state index in [1.807, 2.05) is 25.7 Å². The van der Waals surface area contributed by atoms with Gasteiger partial charge in [-0.15, -0.1) is 0 Å². The van der Waals surface area contributed by atoms with E-state index in [9.17, 15) is 14.7 Å².